The van der Waals surface area contributed by atoms with Crippen LogP contribution in [0.2, 0.25) is 0 Å². The van der Waals surface area contributed by atoms with Crippen LogP contribution in [0.15, 0.2) is 27.3 Å². The summed E-state index contributed by atoms with van der Waals surface area (Å²) in [6, 6.07) is 0.643. The maximum atomic E-state index is 12.2. The highest BCUT2D eigenvalue weighted by Crippen LogP contribution is 2.21. The minimum Gasteiger partial charge on any atom is -0.463 e. The predicted octanol–water partition coefficient (Wildman–Crippen LogP) is 1.33. The summed E-state index contributed by atoms with van der Waals surface area (Å²) in [6.07, 6.45) is 1.60. The van der Waals surface area contributed by atoms with Crippen LogP contribution in [-0.2, 0) is 16.0 Å². The summed E-state index contributed by atoms with van der Waals surface area (Å²) in [7, 11) is 0. The van der Waals surface area contributed by atoms with Crippen molar-refractivity contribution in [3.8, 4) is 0 Å². The number of nitrogens with one attached hydrogen (secondary N) is 3. The molecule has 1 atom stereocenters. The number of rotatable bonds is 7. The van der Waals surface area contributed by atoms with Crippen LogP contribution in [0.5, 0.6) is 0 Å². The largest absolute Gasteiger partial charge is 0.463 e. The van der Waals surface area contributed by atoms with Crippen molar-refractivity contribution < 1.29 is 14.3 Å². The number of aromatic nitrogens is 2. The van der Waals surface area contributed by atoms with Crippen LogP contribution in [0.3, 0.4) is 0 Å². The van der Waals surface area contributed by atoms with Gasteiger partial charge >= 0.3 is 12.0 Å². The first-order valence-corrected chi connectivity index (χ1v) is 9.13. The Morgan fingerprint density at radius 2 is 2.12 bits per heavy atom. The van der Waals surface area contributed by atoms with Crippen molar-refractivity contribution in [3.63, 3.8) is 0 Å². The summed E-state index contributed by atoms with van der Waals surface area (Å²) >= 11 is 1.25. The summed E-state index contributed by atoms with van der Waals surface area (Å²) in [5.74, 6) is -0.191. The molecule has 0 fully saturated rings. The lowest BCUT2D eigenvalue weighted by atomic mass is 10.1. The highest BCUT2D eigenvalue weighted by atomic mass is 32.2. The Morgan fingerprint density at radius 3 is 2.80 bits per heavy atom. The zero-order chi connectivity index (χ0) is 18.4. The number of esters is 1. The average molecular weight is 366 g/mol. The fourth-order valence-corrected chi connectivity index (χ4v) is 3.33. The smallest absolute Gasteiger partial charge is 0.337 e. The Labute approximate surface area is 149 Å². The van der Waals surface area contributed by atoms with E-state index in [9.17, 15) is 14.4 Å². The molecule has 0 unspecified atom stereocenters. The number of hydrogen-bond donors (Lipinski definition) is 3. The van der Waals surface area contributed by atoms with E-state index in [0.29, 0.717) is 22.8 Å². The van der Waals surface area contributed by atoms with Gasteiger partial charge in [0.25, 0.3) is 5.56 Å². The second-order valence-corrected chi connectivity index (χ2v) is 6.48. The van der Waals surface area contributed by atoms with E-state index in [1.54, 1.807) is 13.8 Å². The number of carbonyl (C=O) groups excluding carboxylic acids is 2. The third kappa shape index (κ3) is 5.09. The number of urea groups is 1. The minimum atomic E-state index is -0.473. The van der Waals surface area contributed by atoms with Gasteiger partial charge in [-0.1, -0.05) is 25.1 Å². The van der Waals surface area contributed by atoms with E-state index < -0.39 is 12.0 Å². The quantitative estimate of drug-likeness (QED) is 0.381. The van der Waals surface area contributed by atoms with E-state index in [0.717, 1.165) is 12.1 Å². The molecule has 0 aromatic carbocycles. The first-order valence-electron chi connectivity index (χ1n) is 8.15. The number of aryl methyl sites for hydroxylation is 1. The molecule has 9 heteroatoms. The second kappa shape index (κ2) is 8.70. The van der Waals surface area contributed by atoms with Crippen molar-refractivity contribution in [2.24, 2.45) is 0 Å². The molecule has 2 amide bonds. The molecule has 1 aromatic heterocycles. The van der Waals surface area contributed by atoms with Gasteiger partial charge in [0.05, 0.1) is 18.2 Å². The molecule has 3 N–H and O–H groups in total. The third-order valence-electron chi connectivity index (χ3n) is 3.50. The van der Waals surface area contributed by atoms with Gasteiger partial charge in [-0.2, -0.15) is 0 Å². The molecule has 0 radical (unpaired) electrons. The lowest BCUT2D eigenvalue weighted by Gasteiger charge is -2.26. The van der Waals surface area contributed by atoms with Crippen LogP contribution in [0.4, 0.5) is 4.79 Å². The molecule has 0 bridgehead atoms. The molecule has 1 aliphatic heterocycles. The molecule has 0 saturated heterocycles. The van der Waals surface area contributed by atoms with Crippen molar-refractivity contribution in [2.75, 3.05) is 12.4 Å². The topological polar surface area (TPSA) is 113 Å². The summed E-state index contributed by atoms with van der Waals surface area (Å²) in [5, 5.41) is 5.74. The number of ether oxygens (including phenoxy) is 1. The number of nitrogens with zero attached hydrogens (tertiary/aromatic N) is 1. The highest BCUT2D eigenvalue weighted by Gasteiger charge is 2.29. The van der Waals surface area contributed by atoms with Crippen molar-refractivity contribution in [2.45, 2.75) is 44.8 Å². The van der Waals surface area contributed by atoms with Crippen LogP contribution >= 0.6 is 11.8 Å². The van der Waals surface area contributed by atoms with Gasteiger partial charge in [0.1, 0.15) is 0 Å². The SMILES string of the molecule is CCCc1cc(=O)[nH]c(SCC2=C(C(=O)OCC)[C@@H](C)NC(=O)N2)n1. The van der Waals surface area contributed by atoms with Gasteiger partial charge in [0, 0.05) is 23.2 Å². The van der Waals surface area contributed by atoms with Crippen molar-refractivity contribution in [3.05, 3.63) is 33.4 Å². The van der Waals surface area contributed by atoms with Crippen LogP contribution < -0.4 is 16.2 Å². The van der Waals surface area contributed by atoms with Crippen molar-refractivity contribution in [1.82, 2.24) is 20.6 Å². The minimum absolute atomic E-state index is 0.219. The molecular formula is C16H22N4O4S. The van der Waals surface area contributed by atoms with E-state index in [1.165, 1.54) is 17.8 Å². The van der Waals surface area contributed by atoms with Crippen LogP contribution in [0.25, 0.3) is 0 Å². The van der Waals surface area contributed by atoms with E-state index >= 15 is 0 Å². The monoisotopic (exact) mass is 366 g/mol. The van der Waals surface area contributed by atoms with E-state index in [-0.39, 0.29) is 24.0 Å². The van der Waals surface area contributed by atoms with E-state index in [2.05, 4.69) is 20.6 Å². The summed E-state index contributed by atoms with van der Waals surface area (Å²) in [4.78, 5) is 42.7. The zero-order valence-electron chi connectivity index (χ0n) is 14.5. The van der Waals surface area contributed by atoms with Gasteiger partial charge in [0.2, 0.25) is 0 Å². The van der Waals surface area contributed by atoms with E-state index in [4.69, 9.17) is 4.74 Å². The number of carbonyl (C=O) groups is 2. The van der Waals surface area contributed by atoms with Crippen molar-refractivity contribution >= 4 is 23.8 Å². The molecular weight excluding hydrogens is 344 g/mol. The third-order valence-corrected chi connectivity index (χ3v) is 4.40. The Morgan fingerprint density at radius 1 is 1.36 bits per heavy atom. The first kappa shape index (κ1) is 19.0. The molecule has 1 aliphatic rings. The molecule has 8 nitrogen and oxygen atoms in total. The fraction of sp³-hybridized carbons (Fsp3) is 0.500. The van der Waals surface area contributed by atoms with Gasteiger partial charge in [-0.25, -0.2) is 14.6 Å². The first-order chi connectivity index (χ1) is 11.9. The average Bonchev–Trinajstić information content (AvgIpc) is 2.52. The molecule has 25 heavy (non-hydrogen) atoms. The molecule has 1 aromatic rings. The lowest BCUT2D eigenvalue weighted by molar-refractivity contribution is -0.138. The highest BCUT2D eigenvalue weighted by molar-refractivity contribution is 7.99. The number of aromatic amines is 1. The number of amides is 2. The Hall–Kier alpha value is -2.29. The summed E-state index contributed by atoms with van der Waals surface area (Å²) in [5.41, 5.74) is 1.34. The van der Waals surface area contributed by atoms with Gasteiger partial charge in [-0.15, -0.1) is 0 Å². The molecule has 0 spiro atoms. The van der Waals surface area contributed by atoms with Gasteiger partial charge in [0.15, 0.2) is 5.16 Å². The van der Waals surface area contributed by atoms with Crippen LogP contribution in [-0.4, -0.2) is 40.4 Å². The van der Waals surface area contributed by atoms with Crippen molar-refractivity contribution in [1.29, 1.82) is 0 Å². The molecule has 136 valence electrons. The van der Waals surface area contributed by atoms with Crippen LogP contribution in [0.1, 0.15) is 32.9 Å². The standard InChI is InChI=1S/C16H22N4O4S/c1-4-6-10-7-12(21)20-16(18-10)25-8-11-13(14(22)24-5-2)9(3)17-15(23)19-11/h7,9H,4-6,8H2,1-3H3,(H2,17,19,23)(H,18,20,21)/t9-/m1/s1. The molecule has 0 aliphatic carbocycles. The molecule has 2 rings (SSSR count). The van der Waals surface area contributed by atoms with Gasteiger partial charge < -0.3 is 20.4 Å². The maximum Gasteiger partial charge on any atom is 0.337 e. The molecule has 2 heterocycles. The normalized spacial score (nSPS) is 17.1. The number of hydrogen-bond acceptors (Lipinski definition) is 6. The van der Waals surface area contributed by atoms with E-state index in [1.807, 2.05) is 6.92 Å². The number of thioether (sulfide) groups is 1. The Bertz CT molecular complexity index is 744. The Balaban J connectivity index is 2.23. The fourth-order valence-electron chi connectivity index (χ4n) is 2.47. The van der Waals surface area contributed by atoms with Gasteiger partial charge in [-0.3, -0.25) is 4.79 Å². The zero-order valence-corrected chi connectivity index (χ0v) is 15.3. The maximum absolute atomic E-state index is 12.2. The Kier molecular flexibility index (Phi) is 6.63. The predicted molar refractivity (Wildman–Crippen MR) is 94.4 cm³/mol. The van der Waals surface area contributed by atoms with Crippen LogP contribution in [0, 0.1) is 0 Å². The van der Waals surface area contributed by atoms with Gasteiger partial charge in [-0.05, 0) is 20.3 Å². The summed E-state index contributed by atoms with van der Waals surface area (Å²) < 4.78 is 5.07. The second-order valence-electron chi connectivity index (χ2n) is 5.51. The molecule has 0 saturated carbocycles. The number of H-pyrrole nitrogens is 1. The lowest BCUT2D eigenvalue weighted by Crippen LogP contribution is -2.49. The summed E-state index contributed by atoms with van der Waals surface area (Å²) in [6.45, 7) is 5.70.